The zero-order valence-corrected chi connectivity index (χ0v) is 18.0. The normalized spacial score (nSPS) is 14.3. The van der Waals surface area contributed by atoms with E-state index < -0.39 is 66.8 Å². The predicted octanol–water partition coefficient (Wildman–Crippen LogP) is -3.11. The second kappa shape index (κ2) is 13.3. The lowest BCUT2D eigenvalue weighted by molar-refractivity contribution is -0.143. The van der Waals surface area contributed by atoms with Crippen LogP contribution in [-0.2, 0) is 30.4 Å². The fourth-order valence-electron chi connectivity index (χ4n) is 2.57. The molecule has 1 aromatic carbocycles. The van der Waals surface area contributed by atoms with Crippen molar-refractivity contribution in [2.45, 2.75) is 37.0 Å². The molecule has 0 bridgehead atoms. The predicted molar refractivity (Wildman–Crippen MR) is 116 cm³/mol. The van der Waals surface area contributed by atoms with Gasteiger partial charge in [-0.05, 0) is 12.0 Å². The second-order valence-electron chi connectivity index (χ2n) is 6.85. The van der Waals surface area contributed by atoms with Gasteiger partial charge < -0.3 is 37.6 Å². The van der Waals surface area contributed by atoms with E-state index in [0.717, 1.165) is 5.56 Å². The molecule has 1 aromatic rings. The van der Waals surface area contributed by atoms with E-state index >= 15 is 0 Å². The number of carbonyl (C=O) groups is 5. The van der Waals surface area contributed by atoms with E-state index in [1.807, 2.05) is 11.4 Å². The van der Waals surface area contributed by atoms with Gasteiger partial charge in [0, 0.05) is 5.75 Å². The number of amides is 4. The van der Waals surface area contributed by atoms with E-state index in [-0.39, 0.29) is 12.2 Å². The smallest absolute Gasteiger partial charge is 0.328 e. The van der Waals surface area contributed by atoms with Crippen LogP contribution in [0.2, 0.25) is 0 Å². The first-order valence-corrected chi connectivity index (χ1v) is 10.2. The summed E-state index contributed by atoms with van der Waals surface area (Å²) in [5.41, 5.74) is 11.8. The number of hydrogen-bond donors (Lipinski definition) is 8. The number of carboxylic acid groups (broad SMARTS) is 1. The third-order valence-electron chi connectivity index (χ3n) is 4.29. The first-order valence-electron chi connectivity index (χ1n) is 9.52. The molecule has 0 aromatic heterocycles. The molecule has 0 saturated heterocycles. The number of rotatable bonds is 13. The Morgan fingerprint density at radius 1 is 0.906 bits per heavy atom. The molecule has 13 heteroatoms. The van der Waals surface area contributed by atoms with Crippen LogP contribution in [-0.4, -0.2) is 76.3 Å². The summed E-state index contributed by atoms with van der Waals surface area (Å²) in [6.07, 6.45) is -0.422. The summed E-state index contributed by atoms with van der Waals surface area (Å²) >= 11 is 4.02. The Balaban J connectivity index is 2.80. The van der Waals surface area contributed by atoms with Crippen molar-refractivity contribution in [1.82, 2.24) is 16.0 Å². The van der Waals surface area contributed by atoms with Crippen LogP contribution in [0, 0.1) is 0 Å². The quantitative estimate of drug-likeness (QED) is 0.138. The first kappa shape index (κ1) is 26.9. The van der Waals surface area contributed by atoms with Crippen molar-refractivity contribution in [3.05, 3.63) is 35.9 Å². The van der Waals surface area contributed by atoms with Gasteiger partial charge in [0.2, 0.25) is 23.6 Å². The maximum absolute atomic E-state index is 12.6. The number of aliphatic carboxylic acids is 1. The summed E-state index contributed by atoms with van der Waals surface area (Å²) in [5, 5.41) is 24.6. The molecule has 0 saturated carbocycles. The van der Waals surface area contributed by atoms with Crippen LogP contribution < -0.4 is 27.4 Å². The number of carbonyl (C=O) groups excluding carboxylic acids is 4. The minimum Gasteiger partial charge on any atom is -0.480 e. The lowest BCUT2D eigenvalue weighted by Crippen LogP contribution is -2.58. The molecule has 12 nitrogen and oxygen atoms in total. The van der Waals surface area contributed by atoms with Crippen molar-refractivity contribution in [3.63, 3.8) is 0 Å². The van der Waals surface area contributed by atoms with Gasteiger partial charge in [0.1, 0.15) is 18.1 Å². The number of nitrogens with two attached hydrogens (primary N) is 2. The van der Waals surface area contributed by atoms with Gasteiger partial charge in [-0.2, -0.15) is 12.6 Å². The minimum absolute atomic E-state index is 0.158. The van der Waals surface area contributed by atoms with Crippen LogP contribution in [0.15, 0.2) is 30.3 Å². The number of nitrogens with one attached hydrogen (secondary N) is 3. The highest BCUT2D eigenvalue weighted by Gasteiger charge is 2.30. The number of primary amides is 1. The molecule has 32 heavy (non-hydrogen) atoms. The number of thiol groups is 1. The average molecular weight is 470 g/mol. The van der Waals surface area contributed by atoms with Crippen molar-refractivity contribution in [2.75, 3.05) is 12.4 Å². The van der Waals surface area contributed by atoms with Crippen LogP contribution in [0.1, 0.15) is 12.0 Å². The van der Waals surface area contributed by atoms with Crippen LogP contribution in [0.5, 0.6) is 0 Å². The van der Waals surface area contributed by atoms with Gasteiger partial charge in [0.05, 0.1) is 19.1 Å². The summed E-state index contributed by atoms with van der Waals surface area (Å²) in [4.78, 5) is 59.5. The molecule has 176 valence electrons. The van der Waals surface area contributed by atoms with Gasteiger partial charge in [-0.1, -0.05) is 30.3 Å². The zero-order valence-electron chi connectivity index (χ0n) is 17.1. The average Bonchev–Trinajstić information content (AvgIpc) is 2.74. The SMILES string of the molecule is NC(=O)CC(NC(=O)C(CS)NC(=O)C(N)Cc1ccccc1)C(=O)NC(CO)C(=O)O. The van der Waals surface area contributed by atoms with E-state index in [0.29, 0.717) is 0 Å². The summed E-state index contributed by atoms with van der Waals surface area (Å²) in [5.74, 6) is -5.17. The van der Waals surface area contributed by atoms with Crippen molar-refractivity contribution in [2.24, 2.45) is 11.5 Å². The molecule has 0 aliphatic carbocycles. The summed E-state index contributed by atoms with van der Waals surface area (Å²) in [6.45, 7) is -0.910. The number of aliphatic hydroxyl groups excluding tert-OH is 1. The van der Waals surface area contributed by atoms with Crippen LogP contribution >= 0.6 is 12.6 Å². The van der Waals surface area contributed by atoms with E-state index in [1.54, 1.807) is 24.3 Å². The molecule has 0 spiro atoms. The Labute approximate surface area is 189 Å². The van der Waals surface area contributed by atoms with Gasteiger partial charge >= 0.3 is 5.97 Å². The molecular weight excluding hydrogens is 442 g/mol. The lowest BCUT2D eigenvalue weighted by atomic mass is 10.1. The summed E-state index contributed by atoms with van der Waals surface area (Å²) in [6, 6.07) is 3.63. The monoisotopic (exact) mass is 469 g/mol. The van der Waals surface area contributed by atoms with E-state index in [9.17, 15) is 24.0 Å². The molecule has 0 fully saturated rings. The van der Waals surface area contributed by atoms with Crippen molar-refractivity contribution < 1.29 is 34.2 Å². The van der Waals surface area contributed by atoms with Crippen molar-refractivity contribution in [3.8, 4) is 0 Å². The van der Waals surface area contributed by atoms with Crippen LogP contribution in [0.4, 0.5) is 0 Å². The van der Waals surface area contributed by atoms with Crippen LogP contribution in [0.25, 0.3) is 0 Å². The molecule has 9 N–H and O–H groups in total. The lowest BCUT2D eigenvalue weighted by Gasteiger charge is -2.23. The first-order chi connectivity index (χ1) is 15.1. The Kier molecular flexibility index (Phi) is 11.2. The molecular formula is C19H27N5O7S. The molecule has 0 aliphatic heterocycles. The molecule has 0 aliphatic rings. The van der Waals surface area contributed by atoms with Gasteiger partial charge in [0.15, 0.2) is 0 Å². The summed E-state index contributed by atoms with van der Waals surface area (Å²) in [7, 11) is 0. The highest BCUT2D eigenvalue weighted by Crippen LogP contribution is 2.03. The van der Waals surface area contributed by atoms with E-state index in [2.05, 4.69) is 23.3 Å². The van der Waals surface area contributed by atoms with Gasteiger partial charge in [-0.15, -0.1) is 0 Å². The van der Waals surface area contributed by atoms with E-state index in [4.69, 9.17) is 21.7 Å². The molecule has 0 radical (unpaired) electrons. The number of carboxylic acids is 1. The highest BCUT2D eigenvalue weighted by atomic mass is 32.1. The maximum Gasteiger partial charge on any atom is 0.328 e. The largest absolute Gasteiger partial charge is 0.480 e. The number of hydrogen-bond acceptors (Lipinski definition) is 8. The Hall–Kier alpha value is -3.16. The Morgan fingerprint density at radius 3 is 1.94 bits per heavy atom. The fourth-order valence-corrected chi connectivity index (χ4v) is 2.83. The Morgan fingerprint density at radius 2 is 1.44 bits per heavy atom. The van der Waals surface area contributed by atoms with Crippen molar-refractivity contribution >= 4 is 42.2 Å². The van der Waals surface area contributed by atoms with Gasteiger partial charge in [0.25, 0.3) is 0 Å². The fraction of sp³-hybridized carbons (Fsp3) is 0.421. The van der Waals surface area contributed by atoms with Crippen molar-refractivity contribution in [1.29, 1.82) is 0 Å². The second-order valence-corrected chi connectivity index (χ2v) is 7.22. The standard InChI is InChI=1S/C19H27N5O7S/c20-11(6-10-4-2-1-3-5-10)16(27)24-14(9-32)18(29)22-12(7-15(21)26)17(28)23-13(8-25)19(30)31/h1-5,11-14,25,32H,6-9,20H2,(H2,21,26)(H,22,29)(H,23,28)(H,24,27)(H,30,31). The number of aliphatic hydroxyl groups is 1. The zero-order chi connectivity index (χ0) is 24.3. The molecule has 4 unspecified atom stereocenters. The highest BCUT2D eigenvalue weighted by molar-refractivity contribution is 7.80. The third kappa shape index (κ3) is 8.91. The van der Waals surface area contributed by atoms with Crippen LogP contribution in [0.3, 0.4) is 0 Å². The van der Waals surface area contributed by atoms with Gasteiger partial charge in [-0.25, -0.2) is 4.79 Å². The molecule has 4 amide bonds. The molecule has 4 atom stereocenters. The minimum atomic E-state index is -1.65. The molecule has 1 rings (SSSR count). The molecule has 0 heterocycles. The van der Waals surface area contributed by atoms with Gasteiger partial charge in [-0.3, -0.25) is 19.2 Å². The van der Waals surface area contributed by atoms with E-state index in [1.165, 1.54) is 0 Å². The topological polar surface area (TPSA) is 214 Å². The maximum atomic E-state index is 12.6. The summed E-state index contributed by atoms with van der Waals surface area (Å²) < 4.78 is 0. The third-order valence-corrected chi connectivity index (χ3v) is 4.65. The number of benzene rings is 1. The Bertz CT molecular complexity index is 824.